The molecule has 5 fully saturated rings. The van der Waals surface area contributed by atoms with E-state index in [-0.39, 0.29) is 90.4 Å². The number of aromatic nitrogens is 4. The van der Waals surface area contributed by atoms with Crippen molar-refractivity contribution in [1.82, 2.24) is 34.9 Å². The van der Waals surface area contributed by atoms with Gasteiger partial charge in [0, 0.05) is 68.0 Å². The summed E-state index contributed by atoms with van der Waals surface area (Å²) in [6, 6.07) is 47.1. The average molecular weight is 1580 g/mol. The number of nitrogens with zero attached hydrogens (tertiary/aromatic N) is 9. The fraction of sp³-hybridized carbons (Fsp3) is 0.463. The van der Waals surface area contributed by atoms with Gasteiger partial charge >= 0.3 is 25.5 Å². The van der Waals surface area contributed by atoms with Gasteiger partial charge in [-0.25, -0.2) is 15.0 Å². The molecule has 0 aliphatic carbocycles. The maximum atomic E-state index is 10.7. The van der Waals surface area contributed by atoms with Crippen LogP contribution in [-0.2, 0) is 18.0 Å². The van der Waals surface area contributed by atoms with Gasteiger partial charge in [0.2, 0.25) is 11.6 Å². The number of pyridine rings is 2. The predicted molar refractivity (Wildman–Crippen MR) is 453 cm³/mol. The molecule has 27 nitrogen and oxygen atoms in total. The molecule has 3 aromatic heterocycles. The first-order chi connectivity index (χ1) is 49.9. The highest BCUT2D eigenvalue weighted by Gasteiger charge is 2.32. The normalized spacial score (nSPS) is 16.2. The number of fused-ring (bicyclic) bond motifs is 1. The van der Waals surface area contributed by atoms with E-state index >= 15 is 0 Å². The van der Waals surface area contributed by atoms with E-state index in [2.05, 4.69) is 55.5 Å². The van der Waals surface area contributed by atoms with Gasteiger partial charge in [0.25, 0.3) is 0 Å². The number of piperidine rings is 5. The second-order valence-electron chi connectivity index (χ2n) is 27.8. The van der Waals surface area contributed by atoms with E-state index in [1.54, 1.807) is 44.0 Å². The second kappa shape index (κ2) is 48.2. The number of imidazole rings is 1. The van der Waals surface area contributed by atoms with Crippen LogP contribution in [-0.4, -0.2) is 184 Å². The van der Waals surface area contributed by atoms with Crippen LogP contribution in [0.5, 0.6) is 11.5 Å². The van der Waals surface area contributed by atoms with Gasteiger partial charge in [-0.15, -0.1) is 12.4 Å². The van der Waals surface area contributed by atoms with Gasteiger partial charge in [-0.05, 0) is 222 Å². The summed E-state index contributed by atoms with van der Waals surface area (Å²) in [5, 5.41) is 81.4. The first-order valence-corrected chi connectivity index (χ1v) is 35.7. The third-order valence-corrected chi connectivity index (χ3v) is 18.8. The number of ether oxygens (including phenoxy) is 2. The molecule has 0 atom stereocenters. The maximum absolute atomic E-state index is 10.7. The minimum absolute atomic E-state index is 0. The summed E-state index contributed by atoms with van der Waals surface area (Å²) in [4.78, 5) is 64.8. The zero-order chi connectivity index (χ0) is 76.3. The second-order valence-corrected chi connectivity index (χ2v) is 28.1. The zero-order valence-corrected chi connectivity index (χ0v) is 62.7. The summed E-state index contributed by atoms with van der Waals surface area (Å²) in [6.07, 6.45) is 8.21. The van der Waals surface area contributed by atoms with Gasteiger partial charge < -0.3 is 81.1 Å². The monoisotopic (exact) mass is 1580 g/mol. The molecule has 111 heavy (non-hydrogen) atoms. The van der Waals surface area contributed by atoms with E-state index in [0.29, 0.717) is 69.2 Å². The van der Waals surface area contributed by atoms with Gasteiger partial charge in [-0.2, -0.15) is 0 Å². The molecule has 0 spiro atoms. The minimum Gasteiger partial charge on any atom is -0.489 e. The van der Waals surface area contributed by atoms with Crippen LogP contribution >= 0.6 is 24.0 Å². The summed E-state index contributed by atoms with van der Waals surface area (Å²) in [6.45, 7) is 20.1. The quantitative estimate of drug-likeness (QED) is 0.0159. The molecule has 0 bridgehead atoms. The summed E-state index contributed by atoms with van der Waals surface area (Å²) in [7, 11) is -0.765. The standard InChI is InChI=1S/C26H27N3O2.C14H12O2.C11H16N4O3.C7H16BNO2.C6H12BNO2.C6H13NO.C5H4ClN3O2.5CH4.ClH/c1-26(30)13-15-29(16-14-26)21-9-12-23-24(17-21)28-25(27-23)20-7-10-22(11-8-20)31-18-19-5-3-2-4-6-19;15-10-12-6-8-14(9-7-12)16-11-13-4-2-1-3-5-13;1-11(16)4-6-14(7-5-11)9-3-2-8(15(17)18)10(12)13-9;1-7(10)3-5-9(6-4-7)8(2)11;1-7(10)8-4-2-6(9)3-5-8;1-6(8)2-4-7-5-3-6;6-4-2-1-3(9(10)11)5(7)8-4;;;;;;/h2-12,17,30H,13-16,18H2,1H3,(H,27,28);1-10H,11H2;2-3,16H,4-7H2,1H3,(H2,12,13);10-11H,3-6H2,1-2H3;10H,2-5H2,1H3;7-8H,2-5H2,1H3;1-2H,(H2,7,8);5*1H4;1H. The van der Waals surface area contributed by atoms with Crippen LogP contribution in [0.25, 0.3) is 22.4 Å². The molecule has 0 unspecified atom stereocenters. The fourth-order valence-electron chi connectivity index (χ4n) is 11.5. The number of rotatable bonds is 14. The fourth-order valence-corrected chi connectivity index (χ4v) is 11.7. The number of nitrogen functional groups attached to an aromatic ring is 2. The van der Waals surface area contributed by atoms with E-state index in [1.807, 2.05) is 115 Å². The Kier molecular flexibility index (Phi) is 43.5. The number of halogens is 2. The molecular weight excluding hydrogens is 1460 g/mol. The minimum atomic E-state index is -0.636. The van der Waals surface area contributed by atoms with Crippen LogP contribution in [0.1, 0.15) is 151 Å². The number of ketones is 1. The first-order valence-electron chi connectivity index (χ1n) is 35.3. The molecular formula is C80H121B2Cl2N13O14. The van der Waals surface area contributed by atoms with Crippen LogP contribution in [0.4, 0.5) is 34.5 Å². The van der Waals surface area contributed by atoms with E-state index in [9.17, 15) is 55.3 Å². The third kappa shape index (κ3) is 34.4. The molecule has 5 aliphatic heterocycles. The van der Waals surface area contributed by atoms with Crippen molar-refractivity contribution in [3.05, 3.63) is 194 Å². The van der Waals surface area contributed by atoms with Crippen molar-refractivity contribution in [2.45, 2.75) is 178 Å². The van der Waals surface area contributed by atoms with Crippen LogP contribution in [0.2, 0.25) is 18.8 Å². The number of aldehydes is 1. The molecule has 5 saturated heterocycles. The lowest BCUT2D eigenvalue weighted by molar-refractivity contribution is -0.384. The summed E-state index contributed by atoms with van der Waals surface area (Å²) in [5.41, 5.74) is 15.4. The number of carbonyl (C=O) groups is 2. The van der Waals surface area contributed by atoms with Crippen molar-refractivity contribution in [2.24, 2.45) is 0 Å². The molecule has 5 aromatic carbocycles. The number of aliphatic hydroxyl groups is 4. The van der Waals surface area contributed by atoms with E-state index in [1.165, 1.54) is 23.9 Å². The van der Waals surface area contributed by atoms with Crippen molar-refractivity contribution in [2.75, 3.05) is 86.7 Å². The average Bonchev–Trinajstić information content (AvgIpc) is 1.68. The largest absolute Gasteiger partial charge is 0.489 e. The van der Waals surface area contributed by atoms with Crippen molar-refractivity contribution >= 4 is 95.7 Å². The van der Waals surface area contributed by atoms with Crippen LogP contribution in [0, 0.1) is 20.2 Å². The van der Waals surface area contributed by atoms with Gasteiger partial charge in [-0.1, -0.05) is 109 Å². The van der Waals surface area contributed by atoms with Crippen molar-refractivity contribution in [3.63, 3.8) is 0 Å². The number of carbonyl (C=O) groups excluding carboxylic acids is 2. The Morgan fingerprint density at radius 3 is 1.38 bits per heavy atom. The van der Waals surface area contributed by atoms with E-state index in [4.69, 9.17) is 42.6 Å². The lowest BCUT2D eigenvalue weighted by Crippen LogP contribution is -2.48. The highest BCUT2D eigenvalue weighted by molar-refractivity contribution is 6.45. The molecule has 5 aliphatic rings. The van der Waals surface area contributed by atoms with Crippen molar-refractivity contribution in [3.8, 4) is 22.9 Å². The third-order valence-electron chi connectivity index (χ3n) is 18.6. The topological polar surface area (TPSA) is 392 Å². The number of hydrogen-bond acceptors (Lipinski definition) is 24. The Bertz CT molecular complexity index is 3990. The molecule has 0 amide bonds. The van der Waals surface area contributed by atoms with E-state index in [0.717, 1.165) is 142 Å². The number of Topliss-reactive ketones (excluding diaryl/α,β-unsaturated/α-hetero) is 1. The number of nitrogens with one attached hydrogen (secondary N) is 2. The molecule has 8 aromatic rings. The molecule has 13 rings (SSSR count). The first kappa shape index (κ1) is 100. The van der Waals surface area contributed by atoms with Gasteiger partial charge in [0.05, 0.1) is 43.3 Å². The van der Waals surface area contributed by atoms with Gasteiger partial charge in [0.1, 0.15) is 53.6 Å². The number of benzene rings is 5. The van der Waals surface area contributed by atoms with Crippen LogP contribution < -0.4 is 36.1 Å². The molecule has 12 N–H and O–H groups in total. The smallest absolute Gasteiger partial charge is 0.376 e. The van der Waals surface area contributed by atoms with Gasteiger partial charge in [-0.3, -0.25) is 29.8 Å². The maximum Gasteiger partial charge on any atom is 0.376 e. The summed E-state index contributed by atoms with van der Waals surface area (Å²) >= 11 is 5.41. The summed E-state index contributed by atoms with van der Waals surface area (Å²) < 4.78 is 11.5. The number of H-pyrrole nitrogens is 1. The Labute approximate surface area is 668 Å². The molecule has 0 radical (unpaired) electrons. The number of aromatic amines is 1. The lowest BCUT2D eigenvalue weighted by Gasteiger charge is -2.37. The van der Waals surface area contributed by atoms with Crippen LogP contribution in [0.15, 0.2) is 152 Å². The number of anilines is 4. The Balaban J connectivity index is 0.000000676. The van der Waals surface area contributed by atoms with Gasteiger partial charge in [0.15, 0.2) is 0 Å². The number of nitro groups is 2. The van der Waals surface area contributed by atoms with E-state index < -0.39 is 33.7 Å². The van der Waals surface area contributed by atoms with Crippen molar-refractivity contribution < 1.29 is 59.4 Å². The highest BCUT2D eigenvalue weighted by Crippen LogP contribution is 2.32. The van der Waals surface area contributed by atoms with Crippen molar-refractivity contribution in [1.29, 1.82) is 0 Å². The molecule has 8 heterocycles. The Morgan fingerprint density at radius 1 is 0.550 bits per heavy atom. The Hall–Kier alpha value is -8.84. The number of nitrogens with two attached hydrogens (primary N) is 2. The highest BCUT2D eigenvalue weighted by atomic mass is 35.5. The molecule has 0 saturated carbocycles. The number of hydrogen-bond donors (Lipinski definition) is 10. The SMILES string of the molecule is C.C.C.C.C.CB(O)N1CCC(=O)CC1.CB(O)N1CCC(C)(O)CC1.CC1(O)CCN(c2ccc([N+](=O)[O-])c(N)n2)CC1.CC1(O)CCN(c2ccc3nc(-c4ccc(OCc5ccccc5)cc4)[nH]c3c2)CC1.CC1(O)CCNCC1.Cl.Nc1nc(Cl)ccc1[N+](=O)[O-].O=Cc1ccc(OCc2ccccc2)cc1. The Morgan fingerprint density at radius 2 is 0.964 bits per heavy atom. The lowest BCUT2D eigenvalue weighted by atomic mass is 9.80. The van der Waals surface area contributed by atoms with Crippen LogP contribution in [0.3, 0.4) is 0 Å². The predicted octanol–water partition coefficient (Wildman–Crippen LogP) is 13.8. The zero-order valence-electron chi connectivity index (χ0n) is 61.1. The molecule has 610 valence electrons. The summed E-state index contributed by atoms with van der Waals surface area (Å²) in [5.74, 6) is 3.16. The molecule has 31 heteroatoms.